The smallest absolute Gasteiger partial charge is 0.235 e. The summed E-state index contributed by atoms with van der Waals surface area (Å²) in [5.41, 5.74) is 0.139. The first kappa shape index (κ1) is 26.2. The Morgan fingerprint density at radius 1 is 0.833 bits per heavy atom. The largest absolute Gasteiger partial charge is 0.454 e. The molecule has 0 bridgehead atoms. The van der Waals surface area contributed by atoms with Crippen LogP contribution in [0.2, 0.25) is 0 Å². The average molecular weight is 504 g/mol. The van der Waals surface area contributed by atoms with Crippen molar-refractivity contribution in [1.82, 2.24) is 0 Å². The molecule has 3 aromatic rings. The van der Waals surface area contributed by atoms with Crippen LogP contribution in [0.3, 0.4) is 0 Å². The van der Waals surface area contributed by atoms with Crippen LogP contribution >= 0.6 is 0 Å². The minimum absolute atomic E-state index is 0.0115. The van der Waals surface area contributed by atoms with Crippen molar-refractivity contribution in [2.24, 2.45) is 0 Å². The summed E-state index contributed by atoms with van der Waals surface area (Å²) in [4.78, 5) is 13.4. The average Bonchev–Trinajstić information content (AvgIpc) is 2.89. The molecule has 0 amide bonds. The Hall–Kier alpha value is -2.87. The predicted octanol–water partition coefficient (Wildman–Crippen LogP) is -0.890. The fourth-order valence-corrected chi connectivity index (χ4v) is 4.06. The van der Waals surface area contributed by atoms with Gasteiger partial charge in [-0.15, -0.1) is 0 Å². The van der Waals surface area contributed by atoms with E-state index < -0.39 is 60.6 Å². The maximum atomic E-state index is 13.4. The topological polar surface area (TPSA) is 190 Å². The first-order valence-electron chi connectivity index (χ1n) is 11.3. The van der Waals surface area contributed by atoms with Crippen molar-refractivity contribution in [3.63, 3.8) is 0 Å². The number of aliphatic hydroxyl groups excluding tert-OH is 7. The molecule has 1 aliphatic rings. The van der Waals surface area contributed by atoms with E-state index in [9.17, 15) is 40.5 Å². The molecule has 36 heavy (non-hydrogen) atoms. The van der Waals surface area contributed by atoms with E-state index in [1.807, 2.05) is 0 Å². The highest BCUT2D eigenvalue weighted by Gasteiger charge is 2.50. The minimum Gasteiger partial charge on any atom is -0.454 e. The molecule has 11 nitrogen and oxygen atoms in total. The number of rotatable bonds is 7. The van der Waals surface area contributed by atoms with Gasteiger partial charge in [0.15, 0.2) is 5.76 Å². The first-order chi connectivity index (χ1) is 17.1. The molecule has 0 saturated carbocycles. The summed E-state index contributed by atoms with van der Waals surface area (Å²) in [6.45, 7) is 1.17. The van der Waals surface area contributed by atoms with Gasteiger partial charge in [0.1, 0.15) is 48.3 Å². The van der Waals surface area contributed by atoms with Gasteiger partial charge in [0.2, 0.25) is 17.5 Å². The van der Waals surface area contributed by atoms with Crippen LogP contribution in [0.15, 0.2) is 63.8 Å². The van der Waals surface area contributed by atoms with Gasteiger partial charge in [-0.25, -0.2) is 0 Å². The first-order valence-corrected chi connectivity index (χ1v) is 11.3. The summed E-state index contributed by atoms with van der Waals surface area (Å²) in [7, 11) is 0. The molecular weight excluding hydrogens is 476 g/mol. The monoisotopic (exact) mass is 504 g/mol. The Morgan fingerprint density at radius 2 is 1.47 bits per heavy atom. The molecule has 9 atom stereocenters. The number of fused-ring (bicyclic) bond motifs is 1. The maximum Gasteiger partial charge on any atom is 0.235 e. The minimum atomic E-state index is -2.01. The van der Waals surface area contributed by atoms with E-state index in [1.165, 1.54) is 13.0 Å². The highest BCUT2D eigenvalue weighted by Crippen LogP contribution is 2.34. The van der Waals surface area contributed by atoms with Crippen LogP contribution in [0, 0.1) is 0 Å². The zero-order valence-electron chi connectivity index (χ0n) is 19.2. The van der Waals surface area contributed by atoms with E-state index in [0.29, 0.717) is 5.56 Å². The molecule has 1 saturated heterocycles. The van der Waals surface area contributed by atoms with Crippen molar-refractivity contribution in [1.29, 1.82) is 0 Å². The molecule has 1 aliphatic heterocycles. The van der Waals surface area contributed by atoms with Crippen LogP contribution in [0.1, 0.15) is 6.92 Å². The van der Waals surface area contributed by atoms with Crippen LogP contribution in [0.4, 0.5) is 0 Å². The highest BCUT2D eigenvalue weighted by atomic mass is 16.7. The third-order valence-corrected chi connectivity index (χ3v) is 6.16. The van der Waals surface area contributed by atoms with Crippen molar-refractivity contribution in [2.75, 3.05) is 0 Å². The van der Waals surface area contributed by atoms with Crippen LogP contribution in [-0.2, 0) is 4.74 Å². The van der Waals surface area contributed by atoms with Crippen molar-refractivity contribution in [2.45, 2.75) is 62.0 Å². The highest BCUT2D eigenvalue weighted by molar-refractivity contribution is 5.81. The second kappa shape index (κ2) is 10.6. The summed E-state index contributed by atoms with van der Waals surface area (Å²) < 4.78 is 17.1. The molecule has 1 aromatic heterocycles. The van der Waals surface area contributed by atoms with E-state index >= 15 is 0 Å². The Bertz CT molecular complexity index is 1230. The Labute approximate surface area is 205 Å². The maximum absolute atomic E-state index is 13.4. The van der Waals surface area contributed by atoms with Gasteiger partial charge in [-0.2, -0.15) is 0 Å². The van der Waals surface area contributed by atoms with Crippen molar-refractivity contribution in [3.8, 4) is 17.1 Å². The van der Waals surface area contributed by atoms with E-state index in [1.54, 1.807) is 48.5 Å². The Kier molecular flexibility index (Phi) is 7.73. The molecule has 0 spiro atoms. The van der Waals surface area contributed by atoms with E-state index in [2.05, 4.69) is 0 Å². The number of benzene rings is 2. The SMILES string of the molecule is C[C@@H](O)[C@@H](O)[C@H](O)[C@@H](O)[C@H]1OC(Oc2c(-c3ccccc3)oc3ccccc3c2=O)[C@H](O)[C@@H](O)[C@@H]1O. The third-order valence-electron chi connectivity index (χ3n) is 6.16. The van der Waals surface area contributed by atoms with Crippen LogP contribution in [0.25, 0.3) is 22.3 Å². The number of aliphatic hydroxyl groups is 7. The van der Waals surface area contributed by atoms with Crippen LogP contribution in [-0.4, -0.2) is 90.9 Å². The Balaban J connectivity index is 1.73. The number of hydrogen-bond acceptors (Lipinski definition) is 11. The lowest BCUT2D eigenvalue weighted by atomic mass is 9.90. The van der Waals surface area contributed by atoms with E-state index in [4.69, 9.17) is 13.9 Å². The van der Waals surface area contributed by atoms with Gasteiger partial charge < -0.3 is 49.6 Å². The van der Waals surface area contributed by atoms with Gasteiger partial charge in [0.25, 0.3) is 0 Å². The van der Waals surface area contributed by atoms with E-state index in [-0.39, 0.29) is 22.5 Å². The second-order valence-corrected chi connectivity index (χ2v) is 8.72. The van der Waals surface area contributed by atoms with Gasteiger partial charge >= 0.3 is 0 Å². The molecule has 2 aromatic carbocycles. The summed E-state index contributed by atoms with van der Waals surface area (Å²) in [5.74, 6) is -0.345. The molecule has 0 aliphatic carbocycles. The molecule has 11 heteroatoms. The summed E-state index contributed by atoms with van der Waals surface area (Å²) >= 11 is 0. The van der Waals surface area contributed by atoms with Gasteiger partial charge in [-0.3, -0.25) is 4.79 Å². The van der Waals surface area contributed by atoms with Gasteiger partial charge in [-0.1, -0.05) is 42.5 Å². The molecule has 4 rings (SSSR count). The van der Waals surface area contributed by atoms with Gasteiger partial charge in [-0.05, 0) is 19.1 Å². The number of para-hydroxylation sites is 1. The van der Waals surface area contributed by atoms with Crippen molar-refractivity contribution >= 4 is 11.0 Å². The quantitative estimate of drug-likeness (QED) is 0.211. The fraction of sp³-hybridized carbons (Fsp3) is 0.400. The lowest BCUT2D eigenvalue weighted by molar-refractivity contribution is -0.298. The molecule has 2 heterocycles. The zero-order chi connectivity index (χ0) is 26.1. The fourth-order valence-electron chi connectivity index (χ4n) is 4.06. The molecular formula is C25H28O11. The van der Waals surface area contributed by atoms with Crippen molar-refractivity contribution in [3.05, 3.63) is 64.8 Å². The molecule has 7 N–H and O–H groups in total. The van der Waals surface area contributed by atoms with Crippen molar-refractivity contribution < 1.29 is 49.6 Å². The standard InChI is InChI=1S/C25H28O11/c1-11(26)15(27)17(29)19(31)23-20(32)18(30)21(33)25(35-23)36-24-16(28)13-9-5-6-10-14(13)34-22(24)12-7-3-2-4-8-12/h2-11,15,17-21,23,25-27,29-33H,1H3/t11-,15-,17+,18+,19-,20+,21-,23-,25?/m1/s1. The van der Waals surface area contributed by atoms with E-state index in [0.717, 1.165) is 0 Å². The zero-order valence-corrected chi connectivity index (χ0v) is 19.2. The number of hydrogen-bond donors (Lipinski definition) is 7. The predicted molar refractivity (Wildman–Crippen MR) is 125 cm³/mol. The summed E-state index contributed by atoms with van der Waals surface area (Å²) in [5, 5.41) is 71.6. The van der Waals surface area contributed by atoms with Crippen LogP contribution in [0.5, 0.6) is 5.75 Å². The molecule has 1 unspecified atom stereocenters. The molecule has 1 fully saturated rings. The second-order valence-electron chi connectivity index (χ2n) is 8.72. The van der Waals surface area contributed by atoms with Gasteiger partial charge in [0.05, 0.1) is 11.5 Å². The molecule has 0 radical (unpaired) electrons. The van der Waals surface area contributed by atoms with Crippen LogP contribution < -0.4 is 10.2 Å². The number of ether oxygens (including phenoxy) is 2. The normalized spacial score (nSPS) is 27.8. The summed E-state index contributed by atoms with van der Waals surface area (Å²) in [6.07, 6.45) is -16.5. The molecule has 194 valence electrons. The van der Waals surface area contributed by atoms with Gasteiger partial charge in [0, 0.05) is 5.56 Å². The third kappa shape index (κ3) is 4.88. The Morgan fingerprint density at radius 3 is 2.14 bits per heavy atom. The summed E-state index contributed by atoms with van der Waals surface area (Å²) in [6, 6.07) is 14.9. The lowest BCUT2D eigenvalue weighted by Crippen LogP contribution is -2.64. The lowest BCUT2D eigenvalue weighted by Gasteiger charge is -2.43.